The lowest BCUT2D eigenvalue weighted by Crippen LogP contribution is -2.00. The van der Waals surface area contributed by atoms with Gasteiger partial charge in [0.2, 0.25) is 0 Å². The number of benzene rings is 1. The molecule has 0 saturated carbocycles. The van der Waals surface area contributed by atoms with Crippen LogP contribution in [0.15, 0.2) is 24.3 Å². The number of carbonyl (C=O) groups excluding carboxylic acids is 1. The van der Waals surface area contributed by atoms with Crippen molar-refractivity contribution >= 4 is 27.6 Å². The van der Waals surface area contributed by atoms with E-state index in [1.165, 1.54) is 30.4 Å². The van der Waals surface area contributed by atoms with Crippen LogP contribution in [-0.2, 0) is 10.5 Å². The van der Waals surface area contributed by atoms with E-state index in [0.29, 0.717) is 21.1 Å². The summed E-state index contributed by atoms with van der Waals surface area (Å²) in [4.78, 5) is 16.2. The molecule has 0 saturated heterocycles. The van der Waals surface area contributed by atoms with Crippen molar-refractivity contribution in [3.05, 3.63) is 34.8 Å². The van der Waals surface area contributed by atoms with E-state index in [4.69, 9.17) is 0 Å². The SMILES string of the molecule is CC(=O)c1sc(-c2ccc(OS(=O)(=O)F)cc2)nc1C. The summed E-state index contributed by atoms with van der Waals surface area (Å²) in [6, 6.07) is 5.72. The minimum atomic E-state index is -5.03. The molecule has 20 heavy (non-hydrogen) atoms. The topological polar surface area (TPSA) is 73.3 Å². The standard InChI is InChI=1S/C12H10FNO4S2/c1-7-11(8(2)15)19-12(14-7)9-3-5-10(6-4-9)18-20(13,16)17/h3-6H,1-2H3. The molecular weight excluding hydrogens is 305 g/mol. The molecule has 5 nitrogen and oxygen atoms in total. The highest BCUT2D eigenvalue weighted by Gasteiger charge is 2.14. The average molecular weight is 315 g/mol. The van der Waals surface area contributed by atoms with Gasteiger partial charge in [0.1, 0.15) is 10.8 Å². The lowest BCUT2D eigenvalue weighted by molar-refractivity contribution is 0.102. The molecule has 1 aromatic heterocycles. The van der Waals surface area contributed by atoms with Gasteiger partial charge in [-0.15, -0.1) is 11.3 Å². The third-order valence-electron chi connectivity index (χ3n) is 2.41. The van der Waals surface area contributed by atoms with Gasteiger partial charge in [0, 0.05) is 12.5 Å². The molecule has 1 aromatic carbocycles. The Balaban J connectivity index is 2.30. The molecule has 2 rings (SSSR count). The third-order valence-corrected chi connectivity index (χ3v) is 4.11. The van der Waals surface area contributed by atoms with E-state index in [-0.39, 0.29) is 11.5 Å². The van der Waals surface area contributed by atoms with Gasteiger partial charge in [0.05, 0.1) is 10.6 Å². The minimum absolute atomic E-state index is 0.0604. The zero-order valence-electron chi connectivity index (χ0n) is 10.6. The molecule has 0 N–H and O–H groups in total. The van der Waals surface area contributed by atoms with Crippen LogP contribution in [-0.4, -0.2) is 19.2 Å². The number of rotatable bonds is 4. The van der Waals surface area contributed by atoms with Crippen LogP contribution in [0.1, 0.15) is 22.3 Å². The Morgan fingerprint density at radius 1 is 1.30 bits per heavy atom. The molecule has 0 radical (unpaired) electrons. The normalized spacial score (nSPS) is 11.3. The summed E-state index contributed by atoms with van der Waals surface area (Å²) < 4.78 is 37.1. The fraction of sp³-hybridized carbons (Fsp3) is 0.167. The number of thiazole rings is 1. The molecular formula is C12H10FNO4S2. The molecule has 0 spiro atoms. The van der Waals surface area contributed by atoms with Crippen LogP contribution in [0.4, 0.5) is 3.89 Å². The summed E-state index contributed by atoms with van der Waals surface area (Å²) in [6.45, 7) is 3.21. The van der Waals surface area contributed by atoms with Crippen molar-refractivity contribution < 1.29 is 21.3 Å². The second kappa shape index (κ2) is 5.29. The number of aryl methyl sites for hydroxylation is 1. The van der Waals surface area contributed by atoms with Crippen molar-refractivity contribution in [2.45, 2.75) is 13.8 Å². The molecule has 0 atom stereocenters. The lowest BCUT2D eigenvalue weighted by Gasteiger charge is -2.00. The van der Waals surface area contributed by atoms with Crippen LogP contribution in [0.25, 0.3) is 10.6 Å². The maximum atomic E-state index is 12.3. The van der Waals surface area contributed by atoms with Crippen LogP contribution in [0.3, 0.4) is 0 Å². The van der Waals surface area contributed by atoms with Crippen LogP contribution >= 0.6 is 11.3 Å². The monoisotopic (exact) mass is 315 g/mol. The zero-order chi connectivity index (χ0) is 14.9. The number of hydrogen-bond acceptors (Lipinski definition) is 6. The van der Waals surface area contributed by atoms with Gasteiger partial charge in [-0.25, -0.2) is 4.98 Å². The Morgan fingerprint density at radius 3 is 2.35 bits per heavy atom. The lowest BCUT2D eigenvalue weighted by atomic mass is 10.2. The predicted octanol–water partition coefficient (Wildman–Crippen LogP) is 2.91. The van der Waals surface area contributed by atoms with Gasteiger partial charge < -0.3 is 4.18 Å². The van der Waals surface area contributed by atoms with Gasteiger partial charge in [-0.05, 0) is 31.2 Å². The van der Waals surface area contributed by atoms with Crippen molar-refractivity contribution in [2.24, 2.45) is 0 Å². The van der Waals surface area contributed by atoms with Gasteiger partial charge in [-0.1, -0.05) is 3.89 Å². The van der Waals surface area contributed by atoms with E-state index in [1.807, 2.05) is 0 Å². The average Bonchev–Trinajstić information content (AvgIpc) is 2.70. The summed E-state index contributed by atoms with van der Waals surface area (Å²) in [7, 11) is -5.03. The first-order chi connectivity index (χ1) is 9.26. The quantitative estimate of drug-likeness (QED) is 0.640. The maximum absolute atomic E-state index is 12.3. The highest BCUT2D eigenvalue weighted by atomic mass is 32.3. The molecule has 0 aliphatic heterocycles. The second-order valence-electron chi connectivity index (χ2n) is 3.99. The van der Waals surface area contributed by atoms with E-state index >= 15 is 0 Å². The molecule has 2 aromatic rings. The van der Waals surface area contributed by atoms with Crippen molar-refractivity contribution in [1.82, 2.24) is 4.98 Å². The fourth-order valence-electron chi connectivity index (χ4n) is 1.61. The Kier molecular flexibility index (Phi) is 3.87. The number of hydrogen-bond donors (Lipinski definition) is 0. The van der Waals surface area contributed by atoms with Crippen LogP contribution in [0, 0.1) is 6.92 Å². The minimum Gasteiger partial charge on any atom is -0.358 e. The second-order valence-corrected chi connectivity index (χ2v) is 5.94. The summed E-state index contributed by atoms with van der Waals surface area (Å²) in [5.74, 6) is -0.189. The summed E-state index contributed by atoms with van der Waals surface area (Å²) >= 11 is 1.25. The number of halogens is 1. The first-order valence-corrected chi connectivity index (χ1v) is 7.61. The van der Waals surface area contributed by atoms with Crippen molar-refractivity contribution in [3.8, 4) is 16.3 Å². The summed E-state index contributed by atoms with van der Waals surface area (Å²) in [5, 5.41) is 0.627. The van der Waals surface area contributed by atoms with Crippen LogP contribution < -0.4 is 4.18 Å². The first-order valence-electron chi connectivity index (χ1n) is 5.49. The highest BCUT2D eigenvalue weighted by molar-refractivity contribution is 7.81. The Labute approximate surface area is 119 Å². The van der Waals surface area contributed by atoms with Gasteiger partial charge in [0.15, 0.2) is 5.78 Å². The number of aromatic nitrogens is 1. The van der Waals surface area contributed by atoms with E-state index in [0.717, 1.165) is 0 Å². The number of ketones is 1. The first kappa shape index (κ1) is 14.6. The van der Waals surface area contributed by atoms with E-state index in [9.17, 15) is 17.1 Å². The maximum Gasteiger partial charge on any atom is 0.488 e. The molecule has 8 heteroatoms. The van der Waals surface area contributed by atoms with E-state index in [2.05, 4.69) is 9.17 Å². The molecule has 0 amide bonds. The summed E-state index contributed by atoms with van der Waals surface area (Å²) in [6.07, 6.45) is 0. The molecule has 0 aliphatic rings. The van der Waals surface area contributed by atoms with Crippen LogP contribution in [0.5, 0.6) is 5.75 Å². The van der Waals surface area contributed by atoms with Crippen molar-refractivity contribution in [1.29, 1.82) is 0 Å². The zero-order valence-corrected chi connectivity index (χ0v) is 12.2. The summed E-state index contributed by atoms with van der Waals surface area (Å²) in [5.41, 5.74) is 1.33. The van der Waals surface area contributed by atoms with E-state index < -0.39 is 10.5 Å². The molecule has 0 unspecified atom stereocenters. The molecule has 0 aliphatic carbocycles. The Hall–Kier alpha value is -1.80. The van der Waals surface area contributed by atoms with Gasteiger partial charge in [-0.3, -0.25) is 4.79 Å². The molecule has 1 heterocycles. The molecule has 106 valence electrons. The van der Waals surface area contributed by atoms with Crippen molar-refractivity contribution in [3.63, 3.8) is 0 Å². The van der Waals surface area contributed by atoms with E-state index in [1.54, 1.807) is 19.1 Å². The predicted molar refractivity (Wildman–Crippen MR) is 72.9 cm³/mol. The smallest absolute Gasteiger partial charge is 0.358 e. The number of Topliss-reactive ketones (excluding diaryl/α,β-unsaturated/α-hetero) is 1. The Bertz CT molecular complexity index is 750. The van der Waals surface area contributed by atoms with Gasteiger partial charge >= 0.3 is 10.5 Å². The molecule has 0 fully saturated rings. The van der Waals surface area contributed by atoms with Gasteiger partial charge in [0.25, 0.3) is 0 Å². The van der Waals surface area contributed by atoms with Crippen molar-refractivity contribution in [2.75, 3.05) is 0 Å². The highest BCUT2D eigenvalue weighted by Crippen LogP contribution is 2.29. The third kappa shape index (κ3) is 3.40. The molecule has 0 bridgehead atoms. The van der Waals surface area contributed by atoms with Crippen LogP contribution in [0.2, 0.25) is 0 Å². The number of carbonyl (C=O) groups is 1. The largest absolute Gasteiger partial charge is 0.488 e. The number of nitrogens with zero attached hydrogens (tertiary/aromatic N) is 1. The fourth-order valence-corrected chi connectivity index (χ4v) is 2.92. The Morgan fingerprint density at radius 2 is 1.90 bits per heavy atom. The van der Waals surface area contributed by atoms with Gasteiger partial charge in [-0.2, -0.15) is 8.42 Å².